The predicted octanol–water partition coefficient (Wildman–Crippen LogP) is 0.959. The molecular formula is C22H33ClN4O5. The van der Waals surface area contributed by atoms with Gasteiger partial charge in [-0.3, -0.25) is 19.7 Å². The molecule has 0 aliphatic carbocycles. The normalized spacial score (nSPS) is 17.2. The third kappa shape index (κ3) is 7.89. The topological polar surface area (TPSA) is 142 Å². The van der Waals surface area contributed by atoms with Gasteiger partial charge in [0.2, 0.25) is 5.91 Å². The number of halogens is 1. The number of carboxylic acid groups (broad SMARTS) is 1. The average Bonchev–Trinajstić information content (AvgIpc) is 3.27. The summed E-state index contributed by atoms with van der Waals surface area (Å²) in [5.41, 5.74) is 6.00. The number of carbonyl (C=O) groups is 4. The van der Waals surface area contributed by atoms with E-state index in [4.69, 9.17) is 5.73 Å². The van der Waals surface area contributed by atoms with Crippen molar-refractivity contribution in [2.24, 2.45) is 5.73 Å². The number of Topliss-reactive ketones (excluding diaryl/α,β-unsaturated/α-hetero) is 1. The molecule has 0 saturated carbocycles. The zero-order chi connectivity index (χ0) is 22.8. The van der Waals surface area contributed by atoms with Crippen molar-refractivity contribution in [3.8, 4) is 0 Å². The van der Waals surface area contributed by atoms with E-state index in [9.17, 15) is 24.3 Å². The molecule has 1 fully saturated rings. The van der Waals surface area contributed by atoms with E-state index < -0.39 is 24.1 Å². The van der Waals surface area contributed by atoms with E-state index in [1.807, 2.05) is 0 Å². The molecule has 0 aromatic heterocycles. The number of rotatable bonds is 12. The van der Waals surface area contributed by atoms with Crippen LogP contribution in [0, 0.1) is 0 Å². The minimum Gasteiger partial charge on any atom is -0.480 e. The Balaban J connectivity index is 0.00000512. The van der Waals surface area contributed by atoms with Gasteiger partial charge < -0.3 is 21.1 Å². The first-order valence-electron chi connectivity index (χ1n) is 10.7. The summed E-state index contributed by atoms with van der Waals surface area (Å²) in [6.07, 6.45) is 2.94. The van der Waals surface area contributed by atoms with Crippen LogP contribution in [0.1, 0.15) is 49.4 Å². The second-order valence-electron chi connectivity index (χ2n) is 7.77. The Hall–Kier alpha value is -2.49. The molecule has 2 amide bonds. The van der Waals surface area contributed by atoms with E-state index in [0.717, 1.165) is 6.42 Å². The molecule has 9 nitrogen and oxygen atoms in total. The summed E-state index contributed by atoms with van der Waals surface area (Å²) in [6.45, 7) is 2.39. The minimum atomic E-state index is -1.02. The highest BCUT2D eigenvalue weighted by Crippen LogP contribution is 2.18. The molecule has 1 heterocycles. The zero-order valence-corrected chi connectivity index (χ0v) is 19.1. The van der Waals surface area contributed by atoms with Crippen molar-refractivity contribution in [3.63, 3.8) is 0 Å². The smallest absolute Gasteiger partial charge is 0.326 e. The third-order valence-corrected chi connectivity index (χ3v) is 5.45. The summed E-state index contributed by atoms with van der Waals surface area (Å²) in [7, 11) is 0. The van der Waals surface area contributed by atoms with Crippen LogP contribution in [0.3, 0.4) is 0 Å². The van der Waals surface area contributed by atoms with E-state index >= 15 is 0 Å². The number of amides is 2. The number of nitrogens with one attached hydrogen (secondary N) is 2. The first-order chi connectivity index (χ1) is 14.8. The Bertz CT molecular complexity index is 777. The summed E-state index contributed by atoms with van der Waals surface area (Å²) in [5.74, 6) is -1.93. The Morgan fingerprint density at radius 1 is 1.19 bits per heavy atom. The van der Waals surface area contributed by atoms with Crippen molar-refractivity contribution < 1.29 is 24.3 Å². The fourth-order valence-electron chi connectivity index (χ4n) is 3.64. The van der Waals surface area contributed by atoms with Crippen LogP contribution in [0.4, 0.5) is 0 Å². The van der Waals surface area contributed by atoms with Crippen LogP contribution in [-0.4, -0.2) is 71.3 Å². The van der Waals surface area contributed by atoms with Crippen molar-refractivity contribution in [3.05, 3.63) is 35.9 Å². The molecule has 1 saturated heterocycles. The molecule has 0 spiro atoms. The molecule has 178 valence electrons. The van der Waals surface area contributed by atoms with Gasteiger partial charge in [-0.25, -0.2) is 4.79 Å². The van der Waals surface area contributed by atoms with Gasteiger partial charge in [-0.15, -0.1) is 12.4 Å². The van der Waals surface area contributed by atoms with E-state index in [0.29, 0.717) is 44.3 Å². The van der Waals surface area contributed by atoms with Gasteiger partial charge in [0.15, 0.2) is 5.78 Å². The maximum atomic E-state index is 12.8. The van der Waals surface area contributed by atoms with Gasteiger partial charge in [-0.2, -0.15) is 0 Å². The predicted molar refractivity (Wildman–Crippen MR) is 123 cm³/mol. The van der Waals surface area contributed by atoms with Crippen molar-refractivity contribution in [2.45, 2.75) is 57.2 Å². The summed E-state index contributed by atoms with van der Waals surface area (Å²) in [6, 6.07) is 6.41. The highest BCUT2D eigenvalue weighted by molar-refractivity contribution is 5.98. The van der Waals surface area contributed by atoms with Crippen molar-refractivity contribution in [1.29, 1.82) is 0 Å². The van der Waals surface area contributed by atoms with Crippen molar-refractivity contribution >= 4 is 36.0 Å². The minimum absolute atomic E-state index is 0. The fraction of sp³-hybridized carbons (Fsp3) is 0.545. The van der Waals surface area contributed by atoms with Gasteiger partial charge in [0.25, 0.3) is 5.91 Å². The lowest BCUT2D eigenvalue weighted by molar-refractivity contribution is -0.148. The first-order valence-corrected chi connectivity index (χ1v) is 10.7. The SMILES string of the molecule is C[C@H](NCC(=O)C(CCCCN)NC(=O)c1ccccc1)C(=O)N1CCC[C@H]1C(=O)O.Cl. The van der Waals surface area contributed by atoms with Gasteiger partial charge in [0, 0.05) is 12.1 Å². The lowest BCUT2D eigenvalue weighted by Gasteiger charge is -2.26. The standard InChI is InChI=1S/C22H32N4O5.ClH/c1-15(21(29)26-13-7-11-18(26)22(30)31)24-14-19(27)17(10-5-6-12-23)25-20(28)16-8-3-2-4-9-16;/h2-4,8-9,15,17-18,24H,5-7,10-14,23H2,1H3,(H,25,28)(H,30,31);1H/t15-,17?,18-;/m0./s1. The first kappa shape index (κ1) is 27.5. The highest BCUT2D eigenvalue weighted by Gasteiger charge is 2.36. The number of hydrogen-bond acceptors (Lipinski definition) is 6. The van der Waals surface area contributed by atoms with Gasteiger partial charge in [0.05, 0.1) is 18.6 Å². The number of aliphatic carboxylic acids is 1. The lowest BCUT2D eigenvalue weighted by Crippen LogP contribution is -2.51. The molecule has 10 heteroatoms. The Labute approximate surface area is 194 Å². The molecule has 0 bridgehead atoms. The molecule has 32 heavy (non-hydrogen) atoms. The zero-order valence-electron chi connectivity index (χ0n) is 18.3. The Morgan fingerprint density at radius 2 is 1.88 bits per heavy atom. The number of nitrogens with zero attached hydrogens (tertiary/aromatic N) is 1. The van der Waals surface area contributed by atoms with Crippen LogP contribution in [0.5, 0.6) is 0 Å². The van der Waals surface area contributed by atoms with E-state index in [2.05, 4.69) is 10.6 Å². The molecule has 1 aromatic carbocycles. The maximum absolute atomic E-state index is 12.8. The number of nitrogens with two attached hydrogens (primary N) is 1. The van der Waals surface area contributed by atoms with E-state index in [1.54, 1.807) is 37.3 Å². The molecule has 1 aliphatic heterocycles. The lowest BCUT2D eigenvalue weighted by atomic mass is 10.0. The van der Waals surface area contributed by atoms with E-state index in [1.165, 1.54) is 4.90 Å². The molecule has 5 N–H and O–H groups in total. The summed E-state index contributed by atoms with van der Waals surface area (Å²) >= 11 is 0. The van der Waals surface area contributed by atoms with Crippen LogP contribution in [0.25, 0.3) is 0 Å². The van der Waals surface area contributed by atoms with Gasteiger partial charge in [-0.05, 0) is 57.7 Å². The Kier molecular flexibility index (Phi) is 11.9. The number of carboxylic acids is 1. The maximum Gasteiger partial charge on any atom is 0.326 e. The molecule has 3 atom stereocenters. The number of ketones is 1. The van der Waals surface area contributed by atoms with E-state index in [-0.39, 0.29) is 36.5 Å². The summed E-state index contributed by atoms with van der Waals surface area (Å²) in [5, 5.41) is 14.9. The Morgan fingerprint density at radius 3 is 2.50 bits per heavy atom. The summed E-state index contributed by atoms with van der Waals surface area (Å²) in [4.78, 5) is 50.6. The van der Waals surface area contributed by atoms with Crippen LogP contribution in [-0.2, 0) is 14.4 Å². The quantitative estimate of drug-likeness (QED) is 0.334. The van der Waals surface area contributed by atoms with Crippen LogP contribution >= 0.6 is 12.4 Å². The van der Waals surface area contributed by atoms with Gasteiger partial charge in [-0.1, -0.05) is 18.2 Å². The number of hydrogen-bond donors (Lipinski definition) is 4. The van der Waals surface area contributed by atoms with Crippen LogP contribution in [0.15, 0.2) is 30.3 Å². The highest BCUT2D eigenvalue weighted by atomic mass is 35.5. The molecule has 0 radical (unpaired) electrons. The van der Waals surface area contributed by atoms with Gasteiger partial charge >= 0.3 is 5.97 Å². The van der Waals surface area contributed by atoms with Crippen LogP contribution in [0.2, 0.25) is 0 Å². The largest absolute Gasteiger partial charge is 0.480 e. The summed E-state index contributed by atoms with van der Waals surface area (Å²) < 4.78 is 0. The molecule has 1 unspecified atom stereocenters. The van der Waals surface area contributed by atoms with Crippen molar-refractivity contribution in [2.75, 3.05) is 19.6 Å². The van der Waals surface area contributed by atoms with Crippen LogP contribution < -0.4 is 16.4 Å². The van der Waals surface area contributed by atoms with Gasteiger partial charge in [0.1, 0.15) is 6.04 Å². The number of carbonyl (C=O) groups excluding carboxylic acids is 3. The monoisotopic (exact) mass is 468 g/mol. The number of likely N-dealkylation sites (tertiary alicyclic amines) is 1. The second-order valence-corrected chi connectivity index (χ2v) is 7.77. The van der Waals surface area contributed by atoms with Crippen molar-refractivity contribution in [1.82, 2.24) is 15.5 Å². The number of unbranched alkanes of at least 4 members (excludes halogenated alkanes) is 1. The second kappa shape index (κ2) is 13.8. The third-order valence-electron chi connectivity index (χ3n) is 5.45. The number of benzene rings is 1. The molecule has 1 aromatic rings. The molecule has 2 rings (SSSR count). The fourth-order valence-corrected chi connectivity index (χ4v) is 3.64. The molecule has 1 aliphatic rings. The average molecular weight is 469 g/mol. The molecular weight excluding hydrogens is 436 g/mol.